The van der Waals surface area contributed by atoms with Crippen LogP contribution < -0.4 is 5.32 Å². The molecule has 1 N–H and O–H groups in total. The molecule has 3 heteroatoms. The molecule has 0 aliphatic heterocycles. The fraction of sp³-hybridized carbons (Fsp3) is 0.977. The molecule has 3 nitrogen and oxygen atoms in total. The van der Waals surface area contributed by atoms with Gasteiger partial charge in [0.25, 0.3) is 0 Å². The number of carbonyl (C=O) groups is 1. The van der Waals surface area contributed by atoms with Crippen LogP contribution in [-0.4, -0.2) is 30.6 Å². The molecule has 0 radical (unpaired) electrons. The monoisotopic (exact) mass is 649 g/mol. The number of unbranched alkanes of at least 4 members (excludes halogenated alkanes) is 33. The molecule has 0 atom stereocenters. The quantitative estimate of drug-likeness (QED) is 0.0661. The molecule has 0 rings (SSSR count). The first-order valence-electron chi connectivity index (χ1n) is 21.8. The Morgan fingerprint density at radius 1 is 0.326 bits per heavy atom. The summed E-state index contributed by atoms with van der Waals surface area (Å²) in [5.41, 5.74) is 0. The van der Waals surface area contributed by atoms with Crippen LogP contribution in [-0.2, 0) is 0 Å². The van der Waals surface area contributed by atoms with E-state index in [1.54, 1.807) is 0 Å². The molecule has 0 fully saturated rings. The lowest BCUT2D eigenvalue weighted by molar-refractivity contribution is 0.195. The van der Waals surface area contributed by atoms with Gasteiger partial charge in [-0.2, -0.15) is 0 Å². The van der Waals surface area contributed by atoms with E-state index < -0.39 is 0 Å². The maximum atomic E-state index is 13.1. The van der Waals surface area contributed by atoms with Crippen LogP contribution in [0.15, 0.2) is 0 Å². The summed E-state index contributed by atoms with van der Waals surface area (Å²) in [6.07, 6.45) is 49.3. The van der Waals surface area contributed by atoms with Crippen molar-refractivity contribution in [1.29, 1.82) is 0 Å². The second-order valence-corrected chi connectivity index (χ2v) is 14.9. The van der Waals surface area contributed by atoms with Crippen molar-refractivity contribution < 1.29 is 4.79 Å². The molecule has 0 aliphatic carbocycles. The Hall–Kier alpha value is -0.730. The largest absolute Gasteiger partial charge is 0.338 e. The third-order valence-electron chi connectivity index (χ3n) is 10.2. The highest BCUT2D eigenvalue weighted by molar-refractivity contribution is 5.74. The molecular formula is C43H88N2O. The number of hydrogen-bond acceptors (Lipinski definition) is 1. The molecule has 0 aliphatic rings. The van der Waals surface area contributed by atoms with Crippen LogP contribution in [0.25, 0.3) is 0 Å². The van der Waals surface area contributed by atoms with Crippen LogP contribution in [0.1, 0.15) is 252 Å². The first kappa shape index (κ1) is 45.3. The molecule has 0 unspecified atom stereocenters. The van der Waals surface area contributed by atoms with E-state index in [0.717, 1.165) is 26.1 Å². The third kappa shape index (κ3) is 36.1. The molecule has 0 bridgehead atoms. The van der Waals surface area contributed by atoms with Crippen molar-refractivity contribution in [2.75, 3.05) is 19.6 Å². The summed E-state index contributed by atoms with van der Waals surface area (Å²) in [5, 5.41) is 3.29. The minimum absolute atomic E-state index is 0.203. The Bertz CT molecular complexity index is 537. The highest BCUT2D eigenvalue weighted by Gasteiger charge is 2.12. The van der Waals surface area contributed by atoms with Gasteiger partial charge in [0.05, 0.1) is 0 Å². The van der Waals surface area contributed by atoms with Crippen LogP contribution >= 0.6 is 0 Å². The van der Waals surface area contributed by atoms with Gasteiger partial charge in [-0.25, -0.2) is 4.79 Å². The van der Waals surface area contributed by atoms with E-state index in [0.29, 0.717) is 0 Å². The van der Waals surface area contributed by atoms with Gasteiger partial charge >= 0.3 is 6.03 Å². The van der Waals surface area contributed by atoms with E-state index in [9.17, 15) is 4.79 Å². The summed E-state index contributed by atoms with van der Waals surface area (Å²) in [7, 11) is 0. The van der Waals surface area contributed by atoms with Crippen molar-refractivity contribution in [1.82, 2.24) is 10.2 Å². The highest BCUT2D eigenvalue weighted by atomic mass is 16.2. The molecule has 46 heavy (non-hydrogen) atoms. The van der Waals surface area contributed by atoms with Crippen molar-refractivity contribution in [3.8, 4) is 0 Å². The summed E-state index contributed by atoms with van der Waals surface area (Å²) < 4.78 is 0. The lowest BCUT2D eigenvalue weighted by Gasteiger charge is -2.23. The smallest absolute Gasteiger partial charge is 0.317 e. The van der Waals surface area contributed by atoms with Crippen molar-refractivity contribution in [3.05, 3.63) is 0 Å². The summed E-state index contributed by atoms with van der Waals surface area (Å²) in [5.74, 6) is 0. The SMILES string of the molecule is CCCCCCCCCCCCCCNC(=O)N(CCCCCCCCCCCCCC)CCCCCCCCCCCCCC. The average Bonchev–Trinajstić information content (AvgIpc) is 3.06. The number of urea groups is 1. The van der Waals surface area contributed by atoms with Gasteiger partial charge in [0.1, 0.15) is 0 Å². The lowest BCUT2D eigenvalue weighted by Crippen LogP contribution is -2.41. The predicted octanol–water partition coefficient (Wildman–Crippen LogP) is 15.1. The molecule has 0 spiro atoms. The Balaban J connectivity index is 4.06. The van der Waals surface area contributed by atoms with Crippen LogP contribution in [0.3, 0.4) is 0 Å². The lowest BCUT2D eigenvalue weighted by atomic mass is 10.0. The van der Waals surface area contributed by atoms with Gasteiger partial charge in [-0.3, -0.25) is 0 Å². The van der Waals surface area contributed by atoms with Gasteiger partial charge in [0.15, 0.2) is 0 Å². The number of amides is 2. The Labute approximate surface area is 292 Å². The molecule has 2 amide bonds. The van der Waals surface area contributed by atoms with Gasteiger partial charge in [-0.05, 0) is 19.3 Å². The van der Waals surface area contributed by atoms with E-state index in [1.165, 1.54) is 225 Å². The summed E-state index contributed by atoms with van der Waals surface area (Å²) in [6.45, 7) is 9.63. The minimum atomic E-state index is 0.203. The topological polar surface area (TPSA) is 32.3 Å². The molecule has 0 aromatic carbocycles. The van der Waals surface area contributed by atoms with Crippen molar-refractivity contribution in [3.63, 3.8) is 0 Å². The molecule has 0 aromatic rings. The summed E-state index contributed by atoms with van der Waals surface area (Å²) in [6, 6.07) is 0.203. The van der Waals surface area contributed by atoms with E-state index in [1.807, 2.05) is 0 Å². The van der Waals surface area contributed by atoms with Crippen molar-refractivity contribution in [2.24, 2.45) is 0 Å². The van der Waals surface area contributed by atoms with E-state index in [-0.39, 0.29) is 6.03 Å². The number of carbonyl (C=O) groups excluding carboxylic acids is 1. The van der Waals surface area contributed by atoms with E-state index in [2.05, 4.69) is 31.0 Å². The van der Waals surface area contributed by atoms with Gasteiger partial charge in [-0.1, -0.05) is 233 Å². The van der Waals surface area contributed by atoms with Crippen LogP contribution in [0.2, 0.25) is 0 Å². The van der Waals surface area contributed by atoms with Gasteiger partial charge in [0.2, 0.25) is 0 Å². The fourth-order valence-electron chi connectivity index (χ4n) is 6.88. The molecule has 0 saturated carbocycles. The van der Waals surface area contributed by atoms with E-state index in [4.69, 9.17) is 0 Å². The van der Waals surface area contributed by atoms with Gasteiger partial charge in [-0.15, -0.1) is 0 Å². The zero-order chi connectivity index (χ0) is 33.4. The molecule has 0 aromatic heterocycles. The molecule has 0 heterocycles. The van der Waals surface area contributed by atoms with Crippen molar-refractivity contribution >= 4 is 6.03 Å². The van der Waals surface area contributed by atoms with E-state index >= 15 is 0 Å². The minimum Gasteiger partial charge on any atom is -0.338 e. The average molecular weight is 649 g/mol. The van der Waals surface area contributed by atoms with Gasteiger partial charge < -0.3 is 10.2 Å². The summed E-state index contributed by atoms with van der Waals surface area (Å²) >= 11 is 0. The number of nitrogens with zero attached hydrogens (tertiary/aromatic N) is 1. The van der Waals surface area contributed by atoms with Crippen LogP contribution in [0, 0.1) is 0 Å². The number of nitrogens with one attached hydrogen (secondary N) is 1. The predicted molar refractivity (Wildman–Crippen MR) is 208 cm³/mol. The summed E-state index contributed by atoms with van der Waals surface area (Å²) in [4.78, 5) is 15.3. The first-order chi connectivity index (χ1) is 22.8. The molecule has 0 saturated heterocycles. The normalized spacial score (nSPS) is 11.4. The first-order valence-corrected chi connectivity index (χ1v) is 21.8. The Kier molecular flexibility index (Phi) is 39.8. The standard InChI is InChI=1S/C43H88N2O/c1-4-7-10-13-16-19-22-25-28-31-34-37-40-44-43(46)45(41-38-35-32-29-26-23-20-17-14-11-8-5-2)42-39-36-33-30-27-24-21-18-15-12-9-6-3/h4-42H2,1-3H3,(H,44,46). The zero-order valence-electron chi connectivity index (χ0n) is 32.4. The van der Waals surface area contributed by atoms with Crippen molar-refractivity contribution in [2.45, 2.75) is 252 Å². The number of hydrogen-bond donors (Lipinski definition) is 1. The maximum absolute atomic E-state index is 13.1. The fourth-order valence-corrected chi connectivity index (χ4v) is 6.88. The van der Waals surface area contributed by atoms with Crippen LogP contribution in [0.5, 0.6) is 0 Å². The molecule has 276 valence electrons. The highest BCUT2D eigenvalue weighted by Crippen LogP contribution is 2.15. The third-order valence-corrected chi connectivity index (χ3v) is 10.2. The van der Waals surface area contributed by atoms with Crippen LogP contribution in [0.4, 0.5) is 4.79 Å². The second-order valence-electron chi connectivity index (χ2n) is 14.9. The Morgan fingerprint density at radius 2 is 0.543 bits per heavy atom. The number of rotatable bonds is 39. The maximum Gasteiger partial charge on any atom is 0.317 e. The van der Waals surface area contributed by atoms with Gasteiger partial charge in [0, 0.05) is 19.6 Å². The zero-order valence-corrected chi connectivity index (χ0v) is 32.4. The Morgan fingerprint density at radius 3 is 0.804 bits per heavy atom. The molecular weight excluding hydrogens is 560 g/mol. The second kappa shape index (κ2) is 40.4.